The third kappa shape index (κ3) is 0.997. The fourth-order valence-corrected chi connectivity index (χ4v) is 1.40. The van der Waals surface area contributed by atoms with Crippen LogP contribution in [0.2, 0.25) is 0 Å². The number of hydrogen-bond donors (Lipinski definition) is 1. The minimum Gasteiger partial charge on any atom is -0.330 e. The van der Waals surface area contributed by atoms with Gasteiger partial charge in [-0.1, -0.05) is 0 Å². The van der Waals surface area contributed by atoms with Crippen LogP contribution in [0.25, 0.3) is 22.2 Å². The van der Waals surface area contributed by atoms with E-state index >= 15 is 0 Å². The zero-order chi connectivity index (χ0) is 10.4. The molecule has 7 nitrogen and oxygen atoms in total. The Hall–Kier alpha value is -2.44. The van der Waals surface area contributed by atoms with Crippen LogP contribution in [-0.4, -0.2) is 24.9 Å². The number of nitrogens with one attached hydrogen (secondary N) is 1. The van der Waals surface area contributed by atoms with E-state index in [-0.39, 0.29) is 5.65 Å². The molecule has 0 aromatic carbocycles. The second kappa shape index (κ2) is 2.53. The van der Waals surface area contributed by atoms with Crippen LogP contribution in [0.4, 0.5) is 0 Å². The quantitative estimate of drug-likeness (QED) is 0.471. The van der Waals surface area contributed by atoms with Gasteiger partial charge in [0.2, 0.25) is 0 Å². The summed E-state index contributed by atoms with van der Waals surface area (Å²) in [6.45, 7) is 0. The Balaban J connectivity index is 2.81. The lowest BCUT2D eigenvalue weighted by molar-refractivity contribution is 1.14. The third-order valence-corrected chi connectivity index (χ3v) is 2.03. The van der Waals surface area contributed by atoms with Crippen molar-refractivity contribution in [2.24, 2.45) is 0 Å². The molecule has 3 heterocycles. The maximum atomic E-state index is 11.1. The average Bonchev–Trinajstić information content (AvgIpc) is 2.57. The summed E-state index contributed by atoms with van der Waals surface area (Å²) in [6, 6.07) is 0. The van der Waals surface area contributed by atoms with E-state index < -0.39 is 11.1 Å². The first-order valence-electron chi connectivity index (χ1n) is 4.09. The molecule has 15 heavy (non-hydrogen) atoms. The second-order valence-electron chi connectivity index (χ2n) is 2.93. The van der Waals surface area contributed by atoms with Crippen LogP contribution in [-0.2, 0) is 0 Å². The molecule has 7 heteroatoms. The Morgan fingerprint density at radius 2 is 1.87 bits per heavy atom. The Morgan fingerprint density at radius 3 is 2.73 bits per heavy atom. The summed E-state index contributed by atoms with van der Waals surface area (Å²) in [5, 5.41) is 0.497. The monoisotopic (exact) mass is 201 g/mol. The largest absolute Gasteiger partial charge is 0.339 e. The van der Waals surface area contributed by atoms with Crippen molar-refractivity contribution in [1.82, 2.24) is 24.9 Å². The molecule has 0 fully saturated rings. The molecule has 3 rings (SSSR count). The maximum absolute atomic E-state index is 11.1. The highest BCUT2D eigenvalue weighted by Gasteiger charge is 2.09. The number of rotatable bonds is 0. The van der Waals surface area contributed by atoms with Crippen molar-refractivity contribution < 1.29 is 0 Å². The molecule has 1 N–H and O–H groups in total. The first kappa shape index (κ1) is 7.92. The van der Waals surface area contributed by atoms with Gasteiger partial charge in [0.05, 0.1) is 17.9 Å². The van der Waals surface area contributed by atoms with Gasteiger partial charge in [0.25, 0.3) is 0 Å². The highest BCUT2D eigenvalue weighted by Crippen LogP contribution is 2.16. The molecule has 72 valence electrons. The average molecular weight is 201 g/mol. The fourth-order valence-electron chi connectivity index (χ4n) is 1.40. The van der Waals surface area contributed by atoms with Crippen LogP contribution in [0.15, 0.2) is 22.1 Å². The van der Waals surface area contributed by atoms with Crippen LogP contribution in [0.3, 0.4) is 0 Å². The highest BCUT2D eigenvalue weighted by molar-refractivity contribution is 6.01. The number of aromatic amines is 1. The van der Waals surface area contributed by atoms with E-state index in [4.69, 9.17) is 0 Å². The zero-order valence-corrected chi connectivity index (χ0v) is 7.26. The van der Waals surface area contributed by atoms with Gasteiger partial charge in [0.15, 0.2) is 5.65 Å². The van der Waals surface area contributed by atoms with Crippen LogP contribution >= 0.6 is 0 Å². The van der Waals surface area contributed by atoms with E-state index in [2.05, 4.69) is 24.9 Å². The summed E-state index contributed by atoms with van der Waals surface area (Å²) in [7, 11) is 0. The molecule has 0 amide bonds. The first-order valence-corrected chi connectivity index (χ1v) is 4.09. The first-order chi connectivity index (χ1) is 7.25. The SMILES string of the molecule is O=c1nc2cnc3nc[nH]c(nc1=O)c23. The maximum Gasteiger partial charge on any atom is 0.339 e. The summed E-state index contributed by atoms with van der Waals surface area (Å²) >= 11 is 0. The summed E-state index contributed by atoms with van der Waals surface area (Å²) in [4.78, 5) is 40.0. The minimum absolute atomic E-state index is 0.270. The molecule has 0 saturated heterocycles. The Labute approximate surface area is 81.2 Å². The second-order valence-corrected chi connectivity index (χ2v) is 2.93. The van der Waals surface area contributed by atoms with Crippen LogP contribution in [0.1, 0.15) is 0 Å². The van der Waals surface area contributed by atoms with Crippen molar-refractivity contribution in [3.05, 3.63) is 33.2 Å². The van der Waals surface area contributed by atoms with Crippen molar-refractivity contribution in [2.75, 3.05) is 0 Å². The molecule has 0 aliphatic rings. The fraction of sp³-hybridized carbons (Fsp3) is 0. The van der Waals surface area contributed by atoms with Gasteiger partial charge in [0, 0.05) is 0 Å². The lowest BCUT2D eigenvalue weighted by Gasteiger charge is -1.88. The third-order valence-electron chi connectivity index (χ3n) is 2.03. The van der Waals surface area contributed by atoms with Crippen molar-refractivity contribution >= 4 is 22.2 Å². The standard InChI is InChI=1S/C8H3N5O2/c14-7-8(15)13-6-4-3(12-7)1-9-5(4)10-2-11-6/h1-2H,(H,10,11,12,13,14,15). The van der Waals surface area contributed by atoms with E-state index in [1.54, 1.807) is 0 Å². The molecular formula is C8H3N5O2. The van der Waals surface area contributed by atoms with E-state index in [1.165, 1.54) is 12.5 Å². The van der Waals surface area contributed by atoms with Crippen molar-refractivity contribution in [1.29, 1.82) is 0 Å². The number of H-pyrrole nitrogens is 1. The lowest BCUT2D eigenvalue weighted by Crippen LogP contribution is -2.25. The van der Waals surface area contributed by atoms with E-state index in [9.17, 15) is 9.59 Å². The van der Waals surface area contributed by atoms with E-state index in [0.29, 0.717) is 16.6 Å². The molecule has 0 saturated carbocycles. The predicted octanol–water partition coefficient (Wildman–Crippen LogP) is -0.941. The Morgan fingerprint density at radius 1 is 1.07 bits per heavy atom. The molecule has 0 spiro atoms. The van der Waals surface area contributed by atoms with Crippen LogP contribution < -0.4 is 11.1 Å². The topological polar surface area (TPSA) is 101 Å². The van der Waals surface area contributed by atoms with Crippen molar-refractivity contribution in [2.45, 2.75) is 0 Å². The Bertz CT molecular complexity index is 758. The van der Waals surface area contributed by atoms with Gasteiger partial charge in [-0.25, -0.2) is 15.0 Å². The van der Waals surface area contributed by atoms with Crippen molar-refractivity contribution in [3.8, 4) is 0 Å². The number of aromatic nitrogens is 5. The molecule has 0 unspecified atom stereocenters. The van der Waals surface area contributed by atoms with Gasteiger partial charge >= 0.3 is 11.1 Å². The highest BCUT2D eigenvalue weighted by atomic mass is 16.2. The summed E-state index contributed by atoms with van der Waals surface area (Å²) in [6.07, 6.45) is 2.75. The van der Waals surface area contributed by atoms with Crippen molar-refractivity contribution in [3.63, 3.8) is 0 Å². The smallest absolute Gasteiger partial charge is 0.330 e. The summed E-state index contributed by atoms with van der Waals surface area (Å²) in [5.41, 5.74) is -0.784. The van der Waals surface area contributed by atoms with Gasteiger partial charge in [-0.2, -0.15) is 4.98 Å². The van der Waals surface area contributed by atoms with E-state index in [1.807, 2.05) is 0 Å². The number of hydrogen-bond acceptors (Lipinski definition) is 6. The molecule has 3 aromatic heterocycles. The van der Waals surface area contributed by atoms with E-state index in [0.717, 1.165) is 0 Å². The normalized spacial score (nSPS) is 11.2. The molecule has 0 aliphatic heterocycles. The molecule has 0 radical (unpaired) electrons. The molecule has 0 aliphatic carbocycles. The summed E-state index contributed by atoms with van der Waals surface area (Å²) in [5.74, 6) is 0. The number of nitrogens with zero attached hydrogens (tertiary/aromatic N) is 4. The molecule has 0 atom stereocenters. The Kier molecular flexibility index (Phi) is 1.34. The zero-order valence-electron chi connectivity index (χ0n) is 7.26. The van der Waals surface area contributed by atoms with Gasteiger partial charge in [0.1, 0.15) is 11.2 Å². The molecule has 0 bridgehead atoms. The molecular weight excluding hydrogens is 198 g/mol. The lowest BCUT2D eigenvalue weighted by atomic mass is 10.4. The van der Waals surface area contributed by atoms with Crippen LogP contribution in [0.5, 0.6) is 0 Å². The van der Waals surface area contributed by atoms with Gasteiger partial charge < -0.3 is 4.98 Å². The van der Waals surface area contributed by atoms with Crippen LogP contribution in [0, 0.1) is 0 Å². The van der Waals surface area contributed by atoms with Gasteiger partial charge in [-0.3, -0.25) is 9.59 Å². The molecule has 3 aromatic rings. The summed E-state index contributed by atoms with van der Waals surface area (Å²) < 4.78 is 0. The van der Waals surface area contributed by atoms with Gasteiger partial charge in [-0.15, -0.1) is 0 Å². The minimum atomic E-state index is -0.895. The predicted molar refractivity (Wildman–Crippen MR) is 50.7 cm³/mol. The van der Waals surface area contributed by atoms with Gasteiger partial charge in [-0.05, 0) is 0 Å².